The molecule has 0 radical (unpaired) electrons. The SMILES string of the molecule is O=C1CCCCc2ccc(OS(=O)(=O)F)cc21. The zero-order valence-electron chi connectivity index (χ0n) is 8.98. The molecule has 0 bridgehead atoms. The maximum absolute atomic E-state index is 12.3. The van der Waals surface area contributed by atoms with Crippen molar-refractivity contribution < 1.29 is 21.3 Å². The van der Waals surface area contributed by atoms with Crippen LogP contribution in [0.4, 0.5) is 3.89 Å². The van der Waals surface area contributed by atoms with E-state index in [0.29, 0.717) is 12.0 Å². The second kappa shape index (κ2) is 4.44. The van der Waals surface area contributed by atoms with Gasteiger partial charge in [0, 0.05) is 12.0 Å². The van der Waals surface area contributed by atoms with Crippen LogP contribution in [-0.2, 0) is 16.9 Å². The number of benzene rings is 1. The van der Waals surface area contributed by atoms with Crippen molar-refractivity contribution in [3.63, 3.8) is 0 Å². The maximum atomic E-state index is 12.3. The minimum absolute atomic E-state index is 0.0563. The van der Waals surface area contributed by atoms with Gasteiger partial charge in [-0.05, 0) is 37.0 Å². The number of rotatable bonds is 2. The van der Waals surface area contributed by atoms with Crippen molar-refractivity contribution in [1.29, 1.82) is 0 Å². The smallest absolute Gasteiger partial charge is 0.358 e. The van der Waals surface area contributed by atoms with Crippen molar-refractivity contribution in [1.82, 2.24) is 0 Å². The topological polar surface area (TPSA) is 60.4 Å². The van der Waals surface area contributed by atoms with Crippen molar-refractivity contribution >= 4 is 16.3 Å². The molecule has 0 saturated carbocycles. The van der Waals surface area contributed by atoms with Gasteiger partial charge in [0.25, 0.3) is 0 Å². The van der Waals surface area contributed by atoms with Crippen molar-refractivity contribution in [2.75, 3.05) is 0 Å². The molecule has 0 fully saturated rings. The first-order valence-corrected chi connectivity index (χ1v) is 6.57. The number of hydrogen-bond donors (Lipinski definition) is 0. The summed E-state index contributed by atoms with van der Waals surface area (Å²) < 4.78 is 37.1. The summed E-state index contributed by atoms with van der Waals surface area (Å²) in [5.41, 5.74) is 1.29. The van der Waals surface area contributed by atoms with Crippen molar-refractivity contribution in [3.05, 3.63) is 29.3 Å². The van der Waals surface area contributed by atoms with Gasteiger partial charge in [-0.1, -0.05) is 9.95 Å². The molecule has 1 aliphatic carbocycles. The number of carbonyl (C=O) groups is 1. The van der Waals surface area contributed by atoms with E-state index >= 15 is 0 Å². The predicted octanol–water partition coefficient (Wildman–Crippen LogP) is 2.19. The molecular weight excluding hydrogens is 247 g/mol. The summed E-state index contributed by atoms with van der Waals surface area (Å²) in [5, 5.41) is 0. The van der Waals surface area contributed by atoms with Gasteiger partial charge >= 0.3 is 10.5 Å². The van der Waals surface area contributed by atoms with Gasteiger partial charge in [0.2, 0.25) is 0 Å². The predicted molar refractivity (Wildman–Crippen MR) is 59.0 cm³/mol. The third kappa shape index (κ3) is 3.03. The minimum atomic E-state index is -5.04. The third-order valence-electron chi connectivity index (χ3n) is 2.68. The summed E-state index contributed by atoms with van der Waals surface area (Å²) in [7, 11) is -5.04. The Kier molecular flexibility index (Phi) is 3.15. The normalized spacial score (nSPS) is 16.2. The van der Waals surface area contributed by atoms with E-state index in [0.717, 1.165) is 24.8 Å². The van der Waals surface area contributed by atoms with Gasteiger partial charge in [-0.3, -0.25) is 4.79 Å². The molecule has 4 nitrogen and oxygen atoms in total. The monoisotopic (exact) mass is 258 g/mol. The molecule has 6 heteroatoms. The summed E-state index contributed by atoms with van der Waals surface area (Å²) in [5.74, 6) is -0.222. The zero-order valence-corrected chi connectivity index (χ0v) is 9.80. The van der Waals surface area contributed by atoms with Crippen LogP contribution < -0.4 is 4.18 Å². The lowest BCUT2D eigenvalue weighted by molar-refractivity contribution is 0.0981. The molecule has 2 rings (SSSR count). The maximum Gasteiger partial charge on any atom is 0.488 e. The van der Waals surface area contributed by atoms with Crippen LogP contribution in [-0.4, -0.2) is 14.2 Å². The number of Topliss-reactive ketones (excluding diaryl/α,β-unsaturated/α-hetero) is 1. The van der Waals surface area contributed by atoms with Crippen molar-refractivity contribution in [2.45, 2.75) is 25.7 Å². The summed E-state index contributed by atoms with van der Waals surface area (Å²) in [4.78, 5) is 11.7. The van der Waals surface area contributed by atoms with Gasteiger partial charge in [0.15, 0.2) is 5.78 Å². The van der Waals surface area contributed by atoms with Gasteiger partial charge in [0.05, 0.1) is 0 Å². The van der Waals surface area contributed by atoms with E-state index in [1.165, 1.54) is 12.1 Å². The second-order valence-electron chi connectivity index (χ2n) is 3.93. The van der Waals surface area contributed by atoms with Crippen LogP contribution in [0.25, 0.3) is 0 Å². The molecule has 1 aliphatic rings. The lowest BCUT2D eigenvalue weighted by Gasteiger charge is -2.06. The molecule has 1 aromatic carbocycles. The Morgan fingerprint density at radius 2 is 1.88 bits per heavy atom. The van der Waals surface area contributed by atoms with Crippen LogP contribution in [0.15, 0.2) is 18.2 Å². The summed E-state index contributed by atoms with van der Waals surface area (Å²) in [6, 6.07) is 4.26. The average Bonchev–Trinajstić information content (AvgIpc) is 2.39. The Bertz CT molecular complexity index is 551. The Hall–Kier alpha value is -1.43. The fourth-order valence-electron chi connectivity index (χ4n) is 1.94. The van der Waals surface area contributed by atoms with Gasteiger partial charge in [0.1, 0.15) is 5.75 Å². The second-order valence-corrected chi connectivity index (χ2v) is 4.88. The van der Waals surface area contributed by atoms with Crippen LogP contribution in [0.3, 0.4) is 0 Å². The first-order chi connectivity index (χ1) is 7.96. The van der Waals surface area contributed by atoms with Crippen molar-refractivity contribution in [2.24, 2.45) is 0 Å². The Morgan fingerprint density at radius 1 is 1.18 bits per heavy atom. The average molecular weight is 258 g/mol. The first-order valence-electron chi connectivity index (χ1n) is 5.26. The van der Waals surface area contributed by atoms with Crippen LogP contribution in [0.5, 0.6) is 5.75 Å². The van der Waals surface area contributed by atoms with Crippen LogP contribution in [0.1, 0.15) is 35.2 Å². The van der Waals surface area contributed by atoms with Crippen LogP contribution in [0, 0.1) is 0 Å². The lowest BCUT2D eigenvalue weighted by Crippen LogP contribution is -2.04. The van der Waals surface area contributed by atoms with Gasteiger partial charge in [-0.15, -0.1) is 0 Å². The van der Waals surface area contributed by atoms with E-state index in [1.54, 1.807) is 6.07 Å². The molecule has 0 heterocycles. The van der Waals surface area contributed by atoms with E-state index in [4.69, 9.17) is 0 Å². The molecular formula is C11H11FO4S. The lowest BCUT2D eigenvalue weighted by atomic mass is 10.0. The van der Waals surface area contributed by atoms with E-state index in [2.05, 4.69) is 4.18 Å². The van der Waals surface area contributed by atoms with Gasteiger partial charge in [-0.25, -0.2) is 0 Å². The molecule has 0 saturated heterocycles. The summed E-state index contributed by atoms with van der Waals surface area (Å²) >= 11 is 0. The molecule has 0 amide bonds. The van der Waals surface area contributed by atoms with E-state index in [-0.39, 0.29) is 11.5 Å². The fourth-order valence-corrected chi connectivity index (χ4v) is 2.27. The molecule has 0 unspecified atom stereocenters. The Morgan fingerprint density at radius 3 is 2.59 bits per heavy atom. The highest BCUT2D eigenvalue weighted by Crippen LogP contribution is 2.25. The van der Waals surface area contributed by atoms with Crippen LogP contribution >= 0.6 is 0 Å². The fraction of sp³-hybridized carbons (Fsp3) is 0.364. The van der Waals surface area contributed by atoms with Crippen LogP contribution in [0.2, 0.25) is 0 Å². The molecule has 0 spiro atoms. The molecule has 17 heavy (non-hydrogen) atoms. The first kappa shape index (κ1) is 12.0. The summed E-state index contributed by atoms with van der Waals surface area (Å²) in [6.07, 6.45) is 2.92. The molecule has 1 aromatic rings. The van der Waals surface area contributed by atoms with E-state index in [9.17, 15) is 17.1 Å². The van der Waals surface area contributed by atoms with Gasteiger partial charge < -0.3 is 4.18 Å². The zero-order chi connectivity index (χ0) is 12.5. The quantitative estimate of drug-likeness (QED) is 0.602. The van der Waals surface area contributed by atoms with Crippen molar-refractivity contribution in [3.8, 4) is 5.75 Å². The number of halogens is 1. The molecule has 0 aromatic heterocycles. The highest BCUT2D eigenvalue weighted by molar-refractivity contribution is 7.81. The third-order valence-corrected chi connectivity index (χ3v) is 3.07. The standard InChI is InChI=1S/C11H11FO4S/c12-17(14,15)16-9-6-5-8-3-1-2-4-11(13)10(8)7-9/h5-7H,1-4H2. The molecule has 92 valence electrons. The molecule has 0 N–H and O–H groups in total. The highest BCUT2D eigenvalue weighted by Gasteiger charge is 2.18. The Balaban J connectivity index is 2.38. The Labute approximate surface area is 98.8 Å². The van der Waals surface area contributed by atoms with Gasteiger partial charge in [-0.2, -0.15) is 8.42 Å². The number of ketones is 1. The van der Waals surface area contributed by atoms with E-state index in [1.807, 2.05) is 0 Å². The molecule has 0 aliphatic heterocycles. The summed E-state index contributed by atoms with van der Waals surface area (Å²) in [6.45, 7) is 0. The van der Waals surface area contributed by atoms with E-state index < -0.39 is 10.5 Å². The number of aryl methyl sites for hydroxylation is 1. The minimum Gasteiger partial charge on any atom is -0.358 e. The molecule has 0 atom stereocenters. The number of fused-ring (bicyclic) bond motifs is 1. The number of carbonyl (C=O) groups excluding carboxylic acids is 1. The largest absolute Gasteiger partial charge is 0.488 e. The highest BCUT2D eigenvalue weighted by atomic mass is 32.3. The number of hydrogen-bond acceptors (Lipinski definition) is 4.